The second-order valence-electron chi connectivity index (χ2n) is 5.40. The Morgan fingerprint density at radius 2 is 1.79 bits per heavy atom. The summed E-state index contributed by atoms with van der Waals surface area (Å²) in [6, 6.07) is 4.38. The molecule has 2 rings (SSSR count). The third-order valence-electron chi connectivity index (χ3n) is 3.64. The van der Waals surface area contributed by atoms with Gasteiger partial charge in [0.2, 0.25) is 10.0 Å². The van der Waals surface area contributed by atoms with E-state index in [0.29, 0.717) is 5.56 Å². The number of nitrogens with one attached hydrogen (secondary N) is 1. The molecule has 0 saturated carbocycles. The second kappa shape index (κ2) is 6.52. The van der Waals surface area contributed by atoms with E-state index in [1.807, 2.05) is 0 Å². The number of benzene rings is 1. The molecule has 1 aliphatic rings. The van der Waals surface area contributed by atoms with Crippen LogP contribution in [0.15, 0.2) is 29.2 Å². The van der Waals surface area contributed by atoms with E-state index < -0.39 is 28.1 Å². The summed E-state index contributed by atoms with van der Waals surface area (Å²) in [6.45, 7) is 1.11. The normalized spacial score (nSPS) is 19.2. The summed E-state index contributed by atoms with van der Waals surface area (Å²) in [5.41, 5.74) is 0.352. The van der Waals surface area contributed by atoms with Crippen molar-refractivity contribution in [2.45, 2.75) is 30.5 Å². The number of Topliss-reactive ketones (excluding diaryl/α,β-unsaturated/α-hetero) is 1. The summed E-state index contributed by atoms with van der Waals surface area (Å²) >= 11 is 0. The average molecular weight is 364 g/mol. The molecule has 1 saturated heterocycles. The highest BCUT2D eigenvalue weighted by Crippen LogP contribution is 2.23. The van der Waals surface area contributed by atoms with Crippen LogP contribution in [0.25, 0.3) is 0 Å². The number of alkyl halides is 3. The Balaban J connectivity index is 2.09. The Kier molecular flexibility index (Phi) is 5.00. The summed E-state index contributed by atoms with van der Waals surface area (Å²) in [5, 5.41) is 1.78. The molecule has 1 aliphatic heterocycles. The average Bonchev–Trinajstić information content (AvgIpc) is 2.95. The van der Waals surface area contributed by atoms with Crippen molar-refractivity contribution >= 4 is 21.7 Å². The number of halogens is 3. The molecule has 1 heterocycles. The number of nitrogens with zero attached hydrogens (tertiary/aromatic N) is 1. The first-order valence-corrected chi connectivity index (χ1v) is 8.44. The van der Waals surface area contributed by atoms with E-state index in [1.54, 1.807) is 5.32 Å². The van der Waals surface area contributed by atoms with Crippen LogP contribution in [0.1, 0.15) is 23.7 Å². The lowest BCUT2D eigenvalue weighted by Gasteiger charge is -2.17. The maximum Gasteiger partial charge on any atom is 0.471 e. The molecule has 6 nitrogen and oxygen atoms in total. The maximum absolute atomic E-state index is 12.4. The van der Waals surface area contributed by atoms with Crippen LogP contribution in [0.5, 0.6) is 0 Å². The topological polar surface area (TPSA) is 83.6 Å². The monoisotopic (exact) mass is 364 g/mol. The van der Waals surface area contributed by atoms with Gasteiger partial charge in [-0.15, -0.1) is 0 Å². The molecular formula is C14H15F3N2O4S. The molecule has 1 N–H and O–H groups in total. The lowest BCUT2D eigenvalue weighted by Crippen LogP contribution is -2.44. The largest absolute Gasteiger partial charge is 0.471 e. The van der Waals surface area contributed by atoms with Crippen LogP contribution >= 0.6 is 0 Å². The molecule has 0 aromatic heterocycles. The van der Waals surface area contributed by atoms with E-state index in [1.165, 1.54) is 31.2 Å². The van der Waals surface area contributed by atoms with E-state index in [-0.39, 0.29) is 30.2 Å². The van der Waals surface area contributed by atoms with Gasteiger partial charge in [-0.3, -0.25) is 9.59 Å². The molecule has 0 spiro atoms. The number of sulfonamides is 1. The van der Waals surface area contributed by atoms with Gasteiger partial charge in [0.1, 0.15) is 0 Å². The summed E-state index contributed by atoms with van der Waals surface area (Å²) in [7, 11) is -3.90. The van der Waals surface area contributed by atoms with Gasteiger partial charge in [-0.25, -0.2) is 8.42 Å². The van der Waals surface area contributed by atoms with Gasteiger partial charge in [0.15, 0.2) is 5.78 Å². The van der Waals surface area contributed by atoms with E-state index >= 15 is 0 Å². The standard InChI is InChI=1S/C14H15F3N2O4S/c1-9(20)10-2-4-12(5-3-10)24(22,23)19-7-6-11(8-19)18-13(21)14(15,16)17/h2-5,11H,6-8H2,1H3,(H,18,21). The summed E-state index contributed by atoms with van der Waals surface area (Å²) in [4.78, 5) is 22.0. The van der Waals surface area contributed by atoms with Crippen LogP contribution in [0, 0.1) is 0 Å². The van der Waals surface area contributed by atoms with Gasteiger partial charge >= 0.3 is 12.1 Å². The number of ketones is 1. The molecule has 0 aliphatic carbocycles. The third kappa shape index (κ3) is 3.93. The molecule has 24 heavy (non-hydrogen) atoms. The SMILES string of the molecule is CC(=O)c1ccc(S(=O)(=O)N2CCC(NC(=O)C(F)(F)F)C2)cc1. The lowest BCUT2D eigenvalue weighted by atomic mass is 10.2. The van der Waals surface area contributed by atoms with E-state index in [9.17, 15) is 31.2 Å². The van der Waals surface area contributed by atoms with Crippen molar-refractivity contribution in [2.75, 3.05) is 13.1 Å². The fourth-order valence-corrected chi connectivity index (χ4v) is 3.84. The number of carbonyl (C=O) groups is 2. The number of hydrogen-bond donors (Lipinski definition) is 1. The minimum absolute atomic E-state index is 0.000400. The number of carbonyl (C=O) groups excluding carboxylic acids is 2. The third-order valence-corrected chi connectivity index (χ3v) is 5.52. The zero-order valence-corrected chi connectivity index (χ0v) is 13.4. The van der Waals surface area contributed by atoms with Gasteiger partial charge < -0.3 is 5.32 Å². The first-order chi connectivity index (χ1) is 11.0. The molecule has 1 unspecified atom stereocenters. The first kappa shape index (κ1) is 18.4. The molecule has 1 fully saturated rings. The van der Waals surface area contributed by atoms with Crippen molar-refractivity contribution in [3.05, 3.63) is 29.8 Å². The molecule has 1 atom stereocenters. The fraction of sp³-hybridized carbons (Fsp3) is 0.429. The predicted octanol–water partition coefficient (Wildman–Crippen LogP) is 1.33. The number of amides is 1. The highest BCUT2D eigenvalue weighted by Gasteiger charge is 2.41. The van der Waals surface area contributed by atoms with Crippen LogP contribution in [-0.2, 0) is 14.8 Å². The fourth-order valence-electron chi connectivity index (χ4n) is 2.34. The van der Waals surface area contributed by atoms with E-state index in [0.717, 1.165) is 4.31 Å². The van der Waals surface area contributed by atoms with Crippen molar-refractivity contribution in [1.29, 1.82) is 0 Å². The summed E-state index contributed by atoms with van der Waals surface area (Å²) in [5.74, 6) is -2.30. The zero-order valence-electron chi connectivity index (χ0n) is 12.6. The van der Waals surface area contributed by atoms with Crippen molar-refractivity contribution in [3.8, 4) is 0 Å². The van der Waals surface area contributed by atoms with Crippen LogP contribution < -0.4 is 5.32 Å². The van der Waals surface area contributed by atoms with Crippen molar-refractivity contribution in [2.24, 2.45) is 0 Å². The van der Waals surface area contributed by atoms with Gasteiger partial charge in [0, 0.05) is 24.7 Å². The second-order valence-corrected chi connectivity index (χ2v) is 7.34. The molecule has 1 amide bonds. The van der Waals surface area contributed by atoms with Gasteiger partial charge in [-0.1, -0.05) is 12.1 Å². The molecule has 132 valence electrons. The Morgan fingerprint density at radius 3 is 2.29 bits per heavy atom. The molecule has 0 radical (unpaired) electrons. The number of rotatable bonds is 4. The van der Waals surface area contributed by atoms with Crippen LogP contribution in [0.4, 0.5) is 13.2 Å². The van der Waals surface area contributed by atoms with Gasteiger partial charge in [-0.2, -0.15) is 17.5 Å². The first-order valence-electron chi connectivity index (χ1n) is 7.00. The molecule has 0 bridgehead atoms. The maximum atomic E-state index is 12.4. The molecular weight excluding hydrogens is 349 g/mol. The minimum atomic E-state index is -5.01. The zero-order chi connectivity index (χ0) is 18.1. The van der Waals surface area contributed by atoms with Gasteiger partial charge in [-0.05, 0) is 25.5 Å². The van der Waals surface area contributed by atoms with Crippen LogP contribution in [0.3, 0.4) is 0 Å². The molecule has 1 aromatic carbocycles. The quantitative estimate of drug-likeness (QED) is 0.817. The predicted molar refractivity (Wildman–Crippen MR) is 77.8 cm³/mol. The summed E-state index contributed by atoms with van der Waals surface area (Å²) < 4.78 is 62.6. The highest BCUT2D eigenvalue weighted by atomic mass is 32.2. The van der Waals surface area contributed by atoms with Crippen LogP contribution in [0.2, 0.25) is 0 Å². The van der Waals surface area contributed by atoms with Crippen LogP contribution in [-0.4, -0.2) is 49.7 Å². The van der Waals surface area contributed by atoms with Crippen molar-refractivity contribution < 1.29 is 31.2 Å². The Labute approximate surface area is 136 Å². The van der Waals surface area contributed by atoms with E-state index in [2.05, 4.69) is 0 Å². The highest BCUT2D eigenvalue weighted by molar-refractivity contribution is 7.89. The van der Waals surface area contributed by atoms with Gasteiger partial charge in [0.25, 0.3) is 0 Å². The van der Waals surface area contributed by atoms with Crippen molar-refractivity contribution in [3.63, 3.8) is 0 Å². The molecule has 1 aromatic rings. The summed E-state index contributed by atoms with van der Waals surface area (Å²) in [6.07, 6.45) is -4.92. The number of hydrogen-bond acceptors (Lipinski definition) is 4. The van der Waals surface area contributed by atoms with E-state index in [4.69, 9.17) is 0 Å². The molecule has 10 heteroatoms. The minimum Gasteiger partial charge on any atom is -0.344 e. The lowest BCUT2D eigenvalue weighted by molar-refractivity contribution is -0.174. The Bertz CT molecular complexity index is 744. The Hall–Kier alpha value is -1.94. The Morgan fingerprint density at radius 1 is 1.21 bits per heavy atom. The van der Waals surface area contributed by atoms with Gasteiger partial charge in [0.05, 0.1) is 4.90 Å². The smallest absolute Gasteiger partial charge is 0.344 e. The van der Waals surface area contributed by atoms with Crippen molar-refractivity contribution in [1.82, 2.24) is 9.62 Å².